The van der Waals surface area contributed by atoms with Crippen molar-refractivity contribution < 1.29 is 4.39 Å². The number of halogens is 1. The molecule has 0 unspecified atom stereocenters. The van der Waals surface area contributed by atoms with Crippen molar-refractivity contribution in [3.63, 3.8) is 0 Å². The van der Waals surface area contributed by atoms with Gasteiger partial charge in [0.2, 0.25) is 0 Å². The Labute approximate surface area is 120 Å². The summed E-state index contributed by atoms with van der Waals surface area (Å²) in [6, 6.07) is 5.01. The van der Waals surface area contributed by atoms with Crippen LogP contribution >= 0.6 is 0 Å². The van der Waals surface area contributed by atoms with Gasteiger partial charge >= 0.3 is 0 Å². The van der Waals surface area contributed by atoms with Gasteiger partial charge in [-0.1, -0.05) is 37.6 Å². The van der Waals surface area contributed by atoms with Crippen LogP contribution in [-0.2, 0) is 0 Å². The van der Waals surface area contributed by atoms with Crippen LogP contribution in [0.2, 0.25) is 0 Å². The van der Waals surface area contributed by atoms with Crippen molar-refractivity contribution in [2.24, 2.45) is 5.92 Å². The first kappa shape index (κ1) is 14.6. The summed E-state index contributed by atoms with van der Waals surface area (Å²) in [5.41, 5.74) is 2.02. The predicted octanol–water partition coefficient (Wildman–Crippen LogP) is 5.53. The van der Waals surface area contributed by atoms with Gasteiger partial charge in [0, 0.05) is 17.5 Å². The molecule has 0 heterocycles. The molecule has 1 aromatic rings. The van der Waals surface area contributed by atoms with Crippen LogP contribution in [0.1, 0.15) is 38.2 Å². The first-order chi connectivity index (χ1) is 9.68. The van der Waals surface area contributed by atoms with Gasteiger partial charge in [-0.15, -0.1) is 0 Å². The van der Waals surface area contributed by atoms with Crippen LogP contribution in [0.15, 0.2) is 49.2 Å². The number of rotatable bonds is 7. The Balaban J connectivity index is 1.86. The molecule has 0 saturated heterocycles. The highest BCUT2D eigenvalue weighted by Crippen LogP contribution is 2.33. The second-order valence-corrected chi connectivity index (χ2v) is 5.40. The molecule has 1 fully saturated rings. The Morgan fingerprint density at radius 2 is 2.20 bits per heavy atom. The highest BCUT2D eigenvalue weighted by atomic mass is 19.1. The van der Waals surface area contributed by atoms with Crippen LogP contribution in [0.5, 0.6) is 0 Å². The van der Waals surface area contributed by atoms with Crippen molar-refractivity contribution in [3.8, 4) is 0 Å². The molecule has 2 heteroatoms. The Morgan fingerprint density at radius 3 is 2.90 bits per heavy atom. The molecular weight excluding hydrogens is 249 g/mol. The third-order valence-corrected chi connectivity index (χ3v) is 3.46. The third-order valence-electron chi connectivity index (χ3n) is 3.46. The van der Waals surface area contributed by atoms with E-state index in [0.717, 1.165) is 23.6 Å². The molecule has 0 radical (unpaired) electrons. The fraction of sp³-hybridized carbons (Fsp3) is 0.333. The second kappa shape index (κ2) is 7.09. The van der Waals surface area contributed by atoms with E-state index in [1.807, 2.05) is 31.3 Å². The maximum Gasteiger partial charge on any atom is 0.132 e. The highest BCUT2D eigenvalue weighted by Gasteiger charge is 2.19. The topological polar surface area (TPSA) is 12.0 Å². The minimum absolute atomic E-state index is 0.240. The largest absolute Gasteiger partial charge is 0.361 e. The number of hydrogen-bond acceptors (Lipinski definition) is 1. The Hall–Kier alpha value is -1.83. The Morgan fingerprint density at radius 1 is 1.40 bits per heavy atom. The van der Waals surface area contributed by atoms with Crippen LogP contribution in [0.4, 0.5) is 10.1 Å². The van der Waals surface area contributed by atoms with Crippen LogP contribution in [-0.4, -0.2) is 0 Å². The normalized spacial score (nSPS) is 15.1. The van der Waals surface area contributed by atoms with E-state index in [-0.39, 0.29) is 5.82 Å². The number of anilines is 1. The van der Waals surface area contributed by atoms with E-state index in [1.165, 1.54) is 25.3 Å². The molecule has 106 valence electrons. The van der Waals surface area contributed by atoms with Crippen molar-refractivity contribution in [1.82, 2.24) is 0 Å². The smallest absolute Gasteiger partial charge is 0.132 e. The van der Waals surface area contributed by atoms with E-state index in [0.29, 0.717) is 5.56 Å². The van der Waals surface area contributed by atoms with Gasteiger partial charge in [-0.25, -0.2) is 4.39 Å². The molecular formula is C18H22FN. The number of nitrogens with one attached hydrogen (secondary N) is 1. The average Bonchev–Trinajstić information content (AvgIpc) is 3.21. The molecule has 0 aromatic heterocycles. The van der Waals surface area contributed by atoms with E-state index in [2.05, 4.69) is 18.0 Å². The van der Waals surface area contributed by atoms with Crippen LogP contribution < -0.4 is 5.32 Å². The summed E-state index contributed by atoms with van der Waals surface area (Å²) in [5, 5.41) is 3.11. The summed E-state index contributed by atoms with van der Waals surface area (Å²) in [6.45, 7) is 5.63. The summed E-state index contributed by atoms with van der Waals surface area (Å²) in [7, 11) is 0. The van der Waals surface area contributed by atoms with Crippen molar-refractivity contribution in [1.29, 1.82) is 0 Å². The molecule has 2 rings (SSSR count). The van der Waals surface area contributed by atoms with Crippen LogP contribution in [0.3, 0.4) is 0 Å². The lowest BCUT2D eigenvalue weighted by molar-refractivity contribution is 0.624. The quantitative estimate of drug-likeness (QED) is 0.643. The van der Waals surface area contributed by atoms with Crippen molar-refractivity contribution in [3.05, 3.63) is 60.6 Å². The lowest BCUT2D eigenvalue weighted by Crippen LogP contribution is -1.95. The van der Waals surface area contributed by atoms with Crippen molar-refractivity contribution in [2.45, 2.75) is 32.6 Å². The van der Waals surface area contributed by atoms with E-state index in [4.69, 9.17) is 0 Å². The first-order valence-corrected chi connectivity index (χ1v) is 7.21. The van der Waals surface area contributed by atoms with Gasteiger partial charge in [0.1, 0.15) is 5.82 Å². The molecule has 0 atom stereocenters. The standard InChI is InChI=1S/C18H22FN/c1-14(2)18-16(19)9-7-10-17(18)20-13-6-4-3-5-8-15-11-12-15/h3-4,6-7,9-10,13,15,20H,1,5,8,11-12H2,2H3/b4-3-,13-6-. The molecule has 1 aliphatic rings. The highest BCUT2D eigenvalue weighted by molar-refractivity contribution is 5.74. The lowest BCUT2D eigenvalue weighted by Gasteiger charge is -2.09. The fourth-order valence-corrected chi connectivity index (χ4v) is 2.18. The van der Waals surface area contributed by atoms with Gasteiger partial charge < -0.3 is 5.32 Å². The molecule has 1 N–H and O–H groups in total. The van der Waals surface area contributed by atoms with Gasteiger partial charge in [0.05, 0.1) is 0 Å². The molecule has 1 saturated carbocycles. The molecule has 1 aromatic carbocycles. The summed E-state index contributed by atoms with van der Waals surface area (Å²) in [6.07, 6.45) is 13.3. The van der Waals surface area contributed by atoms with Gasteiger partial charge in [-0.3, -0.25) is 0 Å². The monoisotopic (exact) mass is 271 g/mol. The SMILES string of the molecule is C=C(C)c1c(F)cccc1N/C=C\C=C/CCC1CC1. The van der Waals surface area contributed by atoms with E-state index in [1.54, 1.807) is 6.07 Å². The zero-order valence-electron chi connectivity index (χ0n) is 12.0. The number of allylic oxidation sites excluding steroid dienone is 4. The van der Waals surface area contributed by atoms with Crippen LogP contribution in [0.25, 0.3) is 5.57 Å². The molecule has 0 aliphatic heterocycles. The average molecular weight is 271 g/mol. The van der Waals surface area contributed by atoms with Gasteiger partial charge in [0.15, 0.2) is 0 Å². The zero-order chi connectivity index (χ0) is 14.4. The minimum Gasteiger partial charge on any atom is -0.361 e. The second-order valence-electron chi connectivity index (χ2n) is 5.40. The Kier molecular flexibility index (Phi) is 5.16. The van der Waals surface area contributed by atoms with Gasteiger partial charge in [0.25, 0.3) is 0 Å². The maximum atomic E-state index is 13.7. The van der Waals surface area contributed by atoms with Crippen molar-refractivity contribution >= 4 is 11.3 Å². The lowest BCUT2D eigenvalue weighted by atomic mass is 10.1. The first-order valence-electron chi connectivity index (χ1n) is 7.21. The number of benzene rings is 1. The van der Waals surface area contributed by atoms with E-state index >= 15 is 0 Å². The summed E-state index contributed by atoms with van der Waals surface area (Å²) < 4.78 is 13.7. The predicted molar refractivity (Wildman–Crippen MR) is 85.0 cm³/mol. The molecule has 1 nitrogen and oxygen atoms in total. The van der Waals surface area contributed by atoms with Crippen LogP contribution in [0, 0.1) is 11.7 Å². The third kappa shape index (κ3) is 4.37. The number of hydrogen-bond donors (Lipinski definition) is 1. The fourth-order valence-electron chi connectivity index (χ4n) is 2.18. The molecule has 1 aliphatic carbocycles. The molecule has 0 spiro atoms. The zero-order valence-corrected chi connectivity index (χ0v) is 12.0. The van der Waals surface area contributed by atoms with E-state index < -0.39 is 0 Å². The molecule has 0 bridgehead atoms. The summed E-state index contributed by atoms with van der Waals surface area (Å²) in [5.74, 6) is 0.739. The summed E-state index contributed by atoms with van der Waals surface area (Å²) in [4.78, 5) is 0. The molecule has 20 heavy (non-hydrogen) atoms. The molecule has 0 amide bonds. The van der Waals surface area contributed by atoms with Gasteiger partial charge in [-0.05, 0) is 49.5 Å². The van der Waals surface area contributed by atoms with Crippen molar-refractivity contribution in [2.75, 3.05) is 5.32 Å². The minimum atomic E-state index is -0.240. The summed E-state index contributed by atoms with van der Waals surface area (Å²) >= 11 is 0. The Bertz CT molecular complexity index is 524. The van der Waals surface area contributed by atoms with E-state index in [9.17, 15) is 4.39 Å². The van der Waals surface area contributed by atoms with Gasteiger partial charge in [-0.2, -0.15) is 0 Å². The maximum absolute atomic E-state index is 13.7.